The van der Waals surface area contributed by atoms with E-state index in [4.69, 9.17) is 12.2 Å². The van der Waals surface area contributed by atoms with Gasteiger partial charge >= 0.3 is 0 Å². The van der Waals surface area contributed by atoms with Gasteiger partial charge in [-0.25, -0.2) is 0 Å². The van der Waals surface area contributed by atoms with E-state index in [2.05, 4.69) is 14.6 Å². The third-order valence-corrected chi connectivity index (χ3v) is 5.96. The summed E-state index contributed by atoms with van der Waals surface area (Å²) in [5, 5.41) is 0.626. The van der Waals surface area contributed by atoms with Crippen molar-refractivity contribution in [3.05, 3.63) is 9.60 Å². The summed E-state index contributed by atoms with van der Waals surface area (Å²) in [7, 11) is 9.07. The Kier molecular flexibility index (Phi) is 5.29. The van der Waals surface area contributed by atoms with E-state index in [9.17, 15) is 0 Å². The summed E-state index contributed by atoms with van der Waals surface area (Å²) >= 11 is 5.29. The zero-order valence-corrected chi connectivity index (χ0v) is 14.1. The van der Waals surface area contributed by atoms with Gasteiger partial charge in [0.15, 0.2) is 9.91 Å². The van der Waals surface area contributed by atoms with Gasteiger partial charge in [0.2, 0.25) is 4.80 Å². The third-order valence-electron chi connectivity index (χ3n) is 3.31. The Morgan fingerprint density at radius 2 is 1.84 bits per heavy atom. The molecule has 0 spiro atoms. The van der Waals surface area contributed by atoms with Crippen molar-refractivity contribution in [1.29, 1.82) is 0 Å². The van der Waals surface area contributed by atoms with E-state index < -0.39 is 0 Å². The van der Waals surface area contributed by atoms with Crippen molar-refractivity contribution in [2.24, 2.45) is 9.98 Å². The van der Waals surface area contributed by atoms with Crippen LogP contribution in [0.2, 0.25) is 0 Å². The van der Waals surface area contributed by atoms with Crippen LogP contribution in [0.15, 0.2) is 9.98 Å². The molecule has 7 heteroatoms. The summed E-state index contributed by atoms with van der Waals surface area (Å²) in [5.74, 6) is 0. The summed E-state index contributed by atoms with van der Waals surface area (Å²) in [5.41, 5.74) is 0. The van der Waals surface area contributed by atoms with E-state index in [1.807, 2.05) is 26.0 Å². The fourth-order valence-corrected chi connectivity index (χ4v) is 4.73. The molecule has 1 saturated carbocycles. The molecule has 0 N–H and O–H groups in total. The number of hydrogen-bond donors (Lipinski definition) is 0. The first-order chi connectivity index (χ1) is 9.13. The van der Waals surface area contributed by atoms with E-state index >= 15 is 0 Å². The number of hydrogen-bond acceptors (Lipinski definition) is 4. The lowest BCUT2D eigenvalue weighted by molar-refractivity contribution is 0.342. The average molecular weight is 317 g/mol. The molecule has 1 aromatic rings. The van der Waals surface area contributed by atoms with Crippen LogP contribution in [0.4, 0.5) is 0 Å². The summed E-state index contributed by atoms with van der Waals surface area (Å²) < 4.78 is 2.30. The maximum Gasteiger partial charge on any atom is 0.204 e. The molecule has 1 heterocycles. The van der Waals surface area contributed by atoms with Crippen LogP contribution in [0.3, 0.4) is 0 Å². The van der Waals surface area contributed by atoms with E-state index in [-0.39, 0.29) is 0 Å². The lowest BCUT2D eigenvalue weighted by Crippen LogP contribution is -2.33. The Labute approximate surface area is 126 Å². The van der Waals surface area contributed by atoms with Crippen LogP contribution in [0.5, 0.6) is 0 Å². The van der Waals surface area contributed by atoms with Crippen LogP contribution in [0.25, 0.3) is 0 Å². The van der Waals surface area contributed by atoms with E-state index in [1.54, 1.807) is 20.7 Å². The molecule has 0 saturated heterocycles. The van der Waals surface area contributed by atoms with Crippen molar-refractivity contribution in [2.75, 3.05) is 21.1 Å². The number of rotatable bonds is 1. The van der Waals surface area contributed by atoms with Crippen LogP contribution in [0.1, 0.15) is 38.1 Å². The maximum absolute atomic E-state index is 5.29. The summed E-state index contributed by atoms with van der Waals surface area (Å²) in [6.07, 6.45) is 6.42. The highest BCUT2D eigenvalue weighted by Crippen LogP contribution is 2.26. The molecule has 2 rings (SSSR count). The van der Waals surface area contributed by atoms with Gasteiger partial charge in [-0.3, -0.25) is 9.56 Å². The first-order valence-electron chi connectivity index (χ1n) is 6.54. The molecule has 1 aromatic heterocycles. The molecule has 1 aliphatic carbocycles. The van der Waals surface area contributed by atoms with Gasteiger partial charge in [0, 0.05) is 27.2 Å². The standard InChI is InChI=1S/C12H20N4S3/c1-13-11-16(9-7-5-4-6-8-9)12(19-18-11)14-10(17)15(2)3/h9H,4-8H2,1-3H3/b13-11?,14-12-. The molecule has 106 valence electrons. The lowest BCUT2D eigenvalue weighted by Gasteiger charge is -2.22. The second-order valence-electron chi connectivity index (χ2n) is 4.91. The molecule has 0 amide bonds. The van der Waals surface area contributed by atoms with Crippen LogP contribution < -0.4 is 9.60 Å². The van der Waals surface area contributed by atoms with Crippen molar-refractivity contribution in [2.45, 2.75) is 38.1 Å². The fraction of sp³-hybridized carbons (Fsp3) is 0.750. The zero-order chi connectivity index (χ0) is 13.8. The second kappa shape index (κ2) is 6.76. The van der Waals surface area contributed by atoms with Crippen molar-refractivity contribution in [1.82, 2.24) is 9.47 Å². The Balaban J connectivity index is 2.45. The molecule has 0 aliphatic heterocycles. The van der Waals surface area contributed by atoms with Gasteiger partial charge in [-0.05, 0) is 45.7 Å². The van der Waals surface area contributed by atoms with Crippen molar-refractivity contribution < 1.29 is 0 Å². The van der Waals surface area contributed by atoms with Gasteiger partial charge < -0.3 is 4.90 Å². The van der Waals surface area contributed by atoms with Gasteiger partial charge in [0.05, 0.1) is 0 Å². The monoisotopic (exact) mass is 316 g/mol. The van der Waals surface area contributed by atoms with Crippen molar-refractivity contribution in [3.8, 4) is 0 Å². The first kappa shape index (κ1) is 14.9. The molecule has 1 aliphatic rings. The maximum atomic E-state index is 5.29. The zero-order valence-electron chi connectivity index (χ0n) is 11.6. The molecule has 0 aromatic carbocycles. The Morgan fingerprint density at radius 1 is 1.21 bits per heavy atom. The molecule has 1 fully saturated rings. The Hall–Kier alpha value is -0.530. The summed E-state index contributed by atoms with van der Waals surface area (Å²) in [4.78, 5) is 12.9. The summed E-state index contributed by atoms with van der Waals surface area (Å²) in [6.45, 7) is 0. The van der Waals surface area contributed by atoms with E-state index in [1.165, 1.54) is 32.1 Å². The van der Waals surface area contributed by atoms with Crippen molar-refractivity contribution >= 4 is 38.0 Å². The van der Waals surface area contributed by atoms with Gasteiger partial charge in [-0.2, -0.15) is 4.99 Å². The Morgan fingerprint density at radius 3 is 2.42 bits per heavy atom. The molecule has 19 heavy (non-hydrogen) atoms. The van der Waals surface area contributed by atoms with Gasteiger partial charge in [-0.15, -0.1) is 0 Å². The smallest absolute Gasteiger partial charge is 0.204 e. The highest BCUT2D eigenvalue weighted by molar-refractivity contribution is 7.80. The fourth-order valence-electron chi connectivity index (χ4n) is 2.29. The van der Waals surface area contributed by atoms with E-state index in [0.717, 1.165) is 9.60 Å². The van der Waals surface area contributed by atoms with Gasteiger partial charge in [-0.1, -0.05) is 19.3 Å². The number of nitrogens with zero attached hydrogens (tertiary/aromatic N) is 4. The number of aromatic nitrogens is 1. The Bertz CT molecular complexity index is 558. The van der Waals surface area contributed by atoms with Crippen molar-refractivity contribution in [3.63, 3.8) is 0 Å². The first-order valence-corrected chi connectivity index (χ1v) is 9.10. The molecule has 0 radical (unpaired) electrons. The minimum Gasteiger partial charge on any atom is -0.353 e. The summed E-state index contributed by atoms with van der Waals surface area (Å²) in [6, 6.07) is 0.540. The average Bonchev–Trinajstić information content (AvgIpc) is 2.82. The molecular formula is C12H20N4S3. The predicted octanol–water partition coefficient (Wildman–Crippen LogP) is 2.39. The highest BCUT2D eigenvalue weighted by atomic mass is 32.9. The van der Waals surface area contributed by atoms with Gasteiger partial charge in [0.1, 0.15) is 0 Å². The number of thiocarbonyl (C=S) groups is 1. The minimum absolute atomic E-state index is 0.540. The SMILES string of the molecule is CN=c1ss/c(=N\C(=S)N(C)C)n1C1CCCCC1. The van der Waals surface area contributed by atoms with Crippen LogP contribution in [-0.2, 0) is 0 Å². The molecular weight excluding hydrogens is 296 g/mol. The third kappa shape index (κ3) is 3.52. The quantitative estimate of drug-likeness (QED) is 0.589. The lowest BCUT2D eigenvalue weighted by atomic mass is 9.95. The molecule has 0 atom stereocenters. The second-order valence-corrected chi connectivity index (χ2v) is 7.33. The highest BCUT2D eigenvalue weighted by Gasteiger charge is 2.18. The van der Waals surface area contributed by atoms with Crippen LogP contribution >= 0.6 is 32.9 Å². The molecule has 0 bridgehead atoms. The topological polar surface area (TPSA) is 32.9 Å². The van der Waals surface area contributed by atoms with Gasteiger partial charge in [0.25, 0.3) is 0 Å². The molecule has 4 nitrogen and oxygen atoms in total. The van der Waals surface area contributed by atoms with E-state index in [0.29, 0.717) is 11.2 Å². The van der Waals surface area contributed by atoms with Crippen LogP contribution in [-0.4, -0.2) is 35.7 Å². The predicted molar refractivity (Wildman–Crippen MR) is 85.6 cm³/mol. The van der Waals surface area contributed by atoms with Crippen LogP contribution in [0, 0.1) is 0 Å². The minimum atomic E-state index is 0.540. The molecule has 0 unspecified atom stereocenters. The largest absolute Gasteiger partial charge is 0.353 e. The normalized spacial score (nSPS) is 18.9.